The van der Waals surface area contributed by atoms with Crippen molar-refractivity contribution in [2.45, 2.75) is 25.3 Å². The Morgan fingerprint density at radius 2 is 1.42 bits per heavy atom. The third-order valence-corrected chi connectivity index (χ3v) is 6.10. The fraction of sp³-hybridized carbons (Fsp3) is 0.478. The summed E-state index contributed by atoms with van der Waals surface area (Å²) in [6.07, 6.45) is 1.26. The number of amidine groups is 1. The zero-order valence-corrected chi connectivity index (χ0v) is 21.5. The molecule has 14 nitrogen and oxygen atoms in total. The number of carboxylic acid groups (broad SMARTS) is 4. The first-order chi connectivity index (χ1) is 17.8. The number of hydrogen-bond acceptors (Lipinski definition) is 9. The van der Waals surface area contributed by atoms with E-state index in [1.165, 1.54) is 11.8 Å². The molecule has 1 rings (SSSR count). The largest absolute Gasteiger partial charge is 0.480 e. The maximum Gasteiger partial charge on any atom is 0.317 e. The number of carbonyl (C=O) groups excluding carboxylic acids is 1. The van der Waals surface area contributed by atoms with Gasteiger partial charge >= 0.3 is 23.9 Å². The van der Waals surface area contributed by atoms with Gasteiger partial charge in [-0.25, -0.2) is 0 Å². The zero-order chi connectivity index (χ0) is 28.7. The van der Waals surface area contributed by atoms with Crippen molar-refractivity contribution in [2.75, 3.05) is 49.5 Å². The van der Waals surface area contributed by atoms with E-state index in [1.807, 2.05) is 0 Å². The molecule has 0 heterocycles. The molecule has 1 amide bonds. The average molecular weight is 556 g/mol. The quantitative estimate of drug-likeness (QED) is 0.0634. The van der Waals surface area contributed by atoms with Crippen LogP contribution in [0.15, 0.2) is 24.3 Å². The first-order valence-corrected chi connectivity index (χ1v) is 12.6. The van der Waals surface area contributed by atoms with Crippen molar-refractivity contribution in [3.63, 3.8) is 0 Å². The van der Waals surface area contributed by atoms with E-state index >= 15 is 0 Å². The molecule has 210 valence electrons. The topological polar surface area (TPSA) is 235 Å². The van der Waals surface area contributed by atoms with Crippen LogP contribution in [0.3, 0.4) is 0 Å². The van der Waals surface area contributed by atoms with Gasteiger partial charge in [0.25, 0.3) is 0 Å². The number of rotatable bonds is 20. The van der Waals surface area contributed by atoms with E-state index in [-0.39, 0.29) is 30.5 Å². The molecule has 0 bridgehead atoms. The smallest absolute Gasteiger partial charge is 0.317 e. The van der Waals surface area contributed by atoms with E-state index < -0.39 is 56.1 Å². The Kier molecular flexibility index (Phi) is 14.4. The molecule has 8 N–H and O–H groups in total. The lowest BCUT2D eigenvalue weighted by Crippen LogP contribution is -2.50. The third-order valence-electron chi connectivity index (χ3n) is 5.06. The van der Waals surface area contributed by atoms with Gasteiger partial charge in [-0.2, -0.15) is 11.8 Å². The molecule has 0 spiro atoms. The number of amides is 1. The van der Waals surface area contributed by atoms with Crippen molar-refractivity contribution >= 4 is 53.1 Å². The fourth-order valence-electron chi connectivity index (χ4n) is 3.56. The minimum atomic E-state index is -1.29. The standard InChI is InChI=1S/C23H33N5O9S/c24-18(25)2-1-7-38-14-19(29)26-16-5-3-15(4-6-16)8-17(28(12-22(34)35)13-23(36)37)9-27(10-20(30)31)11-21(32)33/h3-6,17H,1-2,7-14H2,(H3,24,25)(H,26,29)(H,30,31)(H,32,33)(H,34,35)(H,36,37)/t17-/m0/s1. The van der Waals surface area contributed by atoms with Crippen molar-refractivity contribution < 1.29 is 44.4 Å². The zero-order valence-electron chi connectivity index (χ0n) is 20.7. The monoisotopic (exact) mass is 555 g/mol. The highest BCUT2D eigenvalue weighted by Crippen LogP contribution is 2.16. The second-order valence-electron chi connectivity index (χ2n) is 8.43. The summed E-state index contributed by atoms with van der Waals surface area (Å²) in [6.45, 7) is -2.77. The molecular formula is C23H33N5O9S. The Morgan fingerprint density at radius 1 is 0.895 bits per heavy atom. The first kappa shape index (κ1) is 32.3. The normalized spacial score (nSPS) is 11.7. The van der Waals surface area contributed by atoms with Gasteiger partial charge in [0.1, 0.15) is 0 Å². The maximum absolute atomic E-state index is 12.1. The van der Waals surface area contributed by atoms with E-state index in [0.29, 0.717) is 29.8 Å². The lowest BCUT2D eigenvalue weighted by molar-refractivity contribution is -0.146. The minimum absolute atomic E-state index is 0.0938. The summed E-state index contributed by atoms with van der Waals surface area (Å²) >= 11 is 1.41. The van der Waals surface area contributed by atoms with Crippen LogP contribution < -0.4 is 11.1 Å². The van der Waals surface area contributed by atoms with E-state index in [1.54, 1.807) is 24.3 Å². The predicted octanol–water partition coefficient (Wildman–Crippen LogP) is -0.0720. The Balaban J connectivity index is 2.95. The molecule has 0 aliphatic rings. The van der Waals surface area contributed by atoms with Crippen LogP contribution >= 0.6 is 11.8 Å². The molecule has 1 aromatic rings. The van der Waals surface area contributed by atoms with Gasteiger partial charge in [0.15, 0.2) is 0 Å². The molecule has 1 aromatic carbocycles. The summed E-state index contributed by atoms with van der Waals surface area (Å²) in [6, 6.07) is 5.71. The van der Waals surface area contributed by atoms with Crippen LogP contribution in [0.2, 0.25) is 0 Å². The van der Waals surface area contributed by atoms with E-state index in [4.69, 9.17) is 21.4 Å². The predicted molar refractivity (Wildman–Crippen MR) is 140 cm³/mol. The van der Waals surface area contributed by atoms with Gasteiger partial charge in [0.05, 0.1) is 37.8 Å². The van der Waals surface area contributed by atoms with Gasteiger partial charge in [-0.05, 0) is 36.3 Å². The summed E-state index contributed by atoms with van der Waals surface area (Å²) in [5.41, 5.74) is 6.43. The van der Waals surface area contributed by atoms with Crippen molar-refractivity contribution in [1.29, 1.82) is 5.41 Å². The SMILES string of the molecule is N=C(N)CCCSCC(=O)Nc1ccc(C[C@@H](CN(CC(=O)O)CC(=O)O)N(CC(=O)O)CC(=O)O)cc1. The van der Waals surface area contributed by atoms with Gasteiger partial charge in [-0.15, -0.1) is 0 Å². The van der Waals surface area contributed by atoms with Gasteiger partial charge in [-0.1, -0.05) is 12.1 Å². The van der Waals surface area contributed by atoms with Crippen molar-refractivity contribution in [3.05, 3.63) is 29.8 Å². The molecule has 0 aliphatic carbocycles. The molecule has 38 heavy (non-hydrogen) atoms. The summed E-state index contributed by atoms with van der Waals surface area (Å²) in [5.74, 6) is -4.40. The number of nitrogens with one attached hydrogen (secondary N) is 2. The van der Waals surface area contributed by atoms with Crippen LogP contribution in [-0.4, -0.2) is 116 Å². The molecule has 0 fully saturated rings. The molecule has 0 unspecified atom stereocenters. The van der Waals surface area contributed by atoms with Gasteiger partial charge in [-0.3, -0.25) is 39.2 Å². The van der Waals surface area contributed by atoms with Crippen molar-refractivity contribution in [1.82, 2.24) is 9.80 Å². The number of hydrogen-bond donors (Lipinski definition) is 7. The number of aliphatic carboxylic acids is 4. The Morgan fingerprint density at radius 3 is 1.89 bits per heavy atom. The highest BCUT2D eigenvalue weighted by Gasteiger charge is 2.27. The van der Waals surface area contributed by atoms with Crippen LogP contribution in [-0.2, 0) is 30.4 Å². The Hall–Kier alpha value is -3.69. The average Bonchev–Trinajstić information content (AvgIpc) is 2.77. The van der Waals surface area contributed by atoms with Crippen molar-refractivity contribution in [2.24, 2.45) is 5.73 Å². The summed E-state index contributed by atoms with van der Waals surface area (Å²) in [4.78, 5) is 59.6. The Bertz CT molecular complexity index is 958. The number of thioether (sulfide) groups is 1. The number of nitrogens with two attached hydrogens (primary N) is 1. The molecule has 0 aromatic heterocycles. The van der Waals surface area contributed by atoms with Gasteiger partial charge in [0.2, 0.25) is 5.91 Å². The number of carbonyl (C=O) groups is 5. The highest BCUT2D eigenvalue weighted by atomic mass is 32.2. The molecule has 0 saturated carbocycles. The summed E-state index contributed by atoms with van der Waals surface area (Å²) in [7, 11) is 0. The second-order valence-corrected chi connectivity index (χ2v) is 9.54. The van der Waals surface area contributed by atoms with Crippen LogP contribution in [0.5, 0.6) is 0 Å². The van der Waals surface area contributed by atoms with Crippen LogP contribution in [0.25, 0.3) is 0 Å². The maximum atomic E-state index is 12.1. The lowest BCUT2D eigenvalue weighted by Gasteiger charge is -2.33. The van der Waals surface area contributed by atoms with Crippen LogP contribution in [0, 0.1) is 5.41 Å². The highest BCUT2D eigenvalue weighted by molar-refractivity contribution is 7.99. The number of nitrogens with zero attached hydrogens (tertiary/aromatic N) is 2. The van der Waals surface area contributed by atoms with Crippen LogP contribution in [0.1, 0.15) is 18.4 Å². The number of carboxylic acids is 4. The molecule has 0 radical (unpaired) electrons. The van der Waals surface area contributed by atoms with E-state index in [2.05, 4.69) is 5.32 Å². The van der Waals surface area contributed by atoms with E-state index in [0.717, 1.165) is 9.80 Å². The van der Waals surface area contributed by atoms with Crippen molar-refractivity contribution in [3.8, 4) is 0 Å². The number of anilines is 1. The third kappa shape index (κ3) is 14.8. The fourth-order valence-corrected chi connectivity index (χ4v) is 4.31. The molecule has 0 aliphatic heterocycles. The molecule has 0 saturated heterocycles. The van der Waals surface area contributed by atoms with Gasteiger partial charge in [0, 0.05) is 24.7 Å². The van der Waals surface area contributed by atoms with Crippen LogP contribution in [0.4, 0.5) is 5.69 Å². The lowest BCUT2D eigenvalue weighted by atomic mass is 10.0. The van der Waals surface area contributed by atoms with Gasteiger partial charge < -0.3 is 31.5 Å². The summed E-state index contributed by atoms with van der Waals surface area (Å²) < 4.78 is 0. The molecule has 15 heteroatoms. The Labute approximate surface area is 223 Å². The first-order valence-electron chi connectivity index (χ1n) is 11.5. The molecular weight excluding hydrogens is 522 g/mol. The second kappa shape index (κ2) is 16.9. The molecule has 1 atom stereocenters. The number of benzene rings is 1. The minimum Gasteiger partial charge on any atom is -0.480 e. The summed E-state index contributed by atoms with van der Waals surface area (Å²) in [5, 5.41) is 46.8. The van der Waals surface area contributed by atoms with E-state index in [9.17, 15) is 34.2 Å².